The van der Waals surface area contributed by atoms with E-state index < -0.39 is 36.5 Å². The number of imidazole rings is 1. The van der Waals surface area contributed by atoms with Gasteiger partial charge in [-0.1, -0.05) is 5.92 Å². The highest BCUT2D eigenvalue weighted by Gasteiger charge is 2.48. The van der Waals surface area contributed by atoms with Crippen LogP contribution in [0.5, 0.6) is 0 Å². The van der Waals surface area contributed by atoms with E-state index in [1.165, 1.54) is 10.9 Å². The number of hydrogen-bond acceptors (Lipinski definition) is 11. The zero-order valence-electron chi connectivity index (χ0n) is 22.9. The molecule has 5 heterocycles. The van der Waals surface area contributed by atoms with Gasteiger partial charge in [0, 0.05) is 32.1 Å². The number of nitrogen functional groups attached to an aromatic ring is 1. The lowest BCUT2D eigenvalue weighted by molar-refractivity contribution is -0.137. The highest BCUT2D eigenvalue weighted by Crippen LogP contribution is 2.33. The molecule has 0 bridgehead atoms. The summed E-state index contributed by atoms with van der Waals surface area (Å²) in [7, 11) is 0. The molecule has 15 nitrogen and oxygen atoms in total. The smallest absolute Gasteiger partial charge is 0.409 e. The molecule has 3 amide bonds. The summed E-state index contributed by atoms with van der Waals surface area (Å²) in [5.74, 6) is 5.77. The van der Waals surface area contributed by atoms with Gasteiger partial charge in [0.15, 0.2) is 23.8 Å². The molecule has 1 aliphatic carbocycles. The van der Waals surface area contributed by atoms with Crippen LogP contribution in [0.2, 0.25) is 0 Å². The largest absolute Gasteiger partial charge is 0.449 e. The molecule has 0 radical (unpaired) electrons. The minimum atomic E-state index is -1.42. The van der Waals surface area contributed by atoms with Crippen LogP contribution in [0.1, 0.15) is 50.6 Å². The van der Waals surface area contributed by atoms with Crippen LogP contribution in [0.15, 0.2) is 6.33 Å². The average molecular weight is 583 g/mol. The van der Waals surface area contributed by atoms with E-state index in [9.17, 15) is 24.6 Å². The fourth-order valence-corrected chi connectivity index (χ4v) is 5.46. The van der Waals surface area contributed by atoms with Crippen LogP contribution in [0.25, 0.3) is 11.2 Å². The number of aromatic nitrogens is 4. The average Bonchev–Trinajstić information content (AvgIpc) is 3.40. The summed E-state index contributed by atoms with van der Waals surface area (Å²) in [6.07, 6.45) is 0.339. The van der Waals surface area contributed by atoms with Gasteiger partial charge in [0.2, 0.25) is 11.7 Å². The van der Waals surface area contributed by atoms with Gasteiger partial charge in [-0.25, -0.2) is 19.7 Å². The fourth-order valence-electron chi connectivity index (χ4n) is 5.46. The van der Waals surface area contributed by atoms with Crippen molar-refractivity contribution in [2.75, 3.05) is 32.0 Å². The molecule has 15 heteroatoms. The van der Waals surface area contributed by atoms with Crippen molar-refractivity contribution in [3.8, 4) is 11.8 Å². The van der Waals surface area contributed by atoms with Crippen LogP contribution < -0.4 is 16.4 Å². The molecular weight excluding hydrogens is 548 g/mol. The van der Waals surface area contributed by atoms with Crippen molar-refractivity contribution < 1.29 is 34.1 Å². The fraction of sp³-hybridized carbons (Fsp3) is 0.630. The summed E-state index contributed by atoms with van der Waals surface area (Å²) in [5.41, 5.74) is 6.66. The number of likely N-dealkylation sites (tertiary alicyclic amines) is 1. The Morgan fingerprint density at radius 1 is 1.17 bits per heavy atom. The molecule has 0 spiro atoms. The number of nitrogens with one attached hydrogen (secondary N) is 2. The molecule has 1 saturated carbocycles. The van der Waals surface area contributed by atoms with E-state index in [1.807, 2.05) is 0 Å². The van der Waals surface area contributed by atoms with Crippen LogP contribution in [-0.2, 0) is 19.1 Å². The van der Waals surface area contributed by atoms with Crippen LogP contribution in [0, 0.1) is 23.7 Å². The number of anilines is 1. The van der Waals surface area contributed by atoms with Crippen LogP contribution in [-0.4, -0.2) is 103 Å². The third-order valence-electron chi connectivity index (χ3n) is 8.18. The number of aliphatic hydroxyl groups excluding tert-OH is 2. The number of carbonyl (C=O) groups is 3. The maximum absolute atomic E-state index is 12.5. The topological polar surface area (TPSA) is 207 Å². The Balaban J connectivity index is 1.06. The number of rotatable bonds is 6. The second-order valence-electron chi connectivity index (χ2n) is 11.3. The van der Waals surface area contributed by atoms with E-state index in [2.05, 4.69) is 37.4 Å². The molecule has 3 saturated heterocycles. The number of aliphatic hydroxyl groups is 2. The molecule has 5 unspecified atom stereocenters. The number of hydrogen-bond donors (Lipinski definition) is 5. The van der Waals surface area contributed by atoms with Gasteiger partial charge in [0.25, 0.3) is 5.91 Å². The maximum Gasteiger partial charge on any atom is 0.409 e. The van der Waals surface area contributed by atoms with Gasteiger partial charge >= 0.3 is 6.09 Å². The van der Waals surface area contributed by atoms with Gasteiger partial charge in [0.1, 0.15) is 24.3 Å². The summed E-state index contributed by atoms with van der Waals surface area (Å²) in [4.78, 5) is 51.1. The molecule has 5 atom stereocenters. The van der Waals surface area contributed by atoms with Gasteiger partial charge in [-0.2, -0.15) is 0 Å². The molecule has 4 aliphatic rings. The van der Waals surface area contributed by atoms with Crippen molar-refractivity contribution in [1.29, 1.82) is 0 Å². The maximum atomic E-state index is 12.5. The molecule has 42 heavy (non-hydrogen) atoms. The minimum Gasteiger partial charge on any atom is -0.449 e. The lowest BCUT2D eigenvalue weighted by Crippen LogP contribution is -2.43. The van der Waals surface area contributed by atoms with Crippen molar-refractivity contribution in [1.82, 2.24) is 35.1 Å². The van der Waals surface area contributed by atoms with E-state index in [1.54, 1.807) is 4.90 Å². The van der Waals surface area contributed by atoms with Gasteiger partial charge in [-0.05, 0) is 43.9 Å². The van der Waals surface area contributed by atoms with Crippen LogP contribution in [0.4, 0.5) is 10.6 Å². The minimum absolute atomic E-state index is 0.0699. The summed E-state index contributed by atoms with van der Waals surface area (Å²) >= 11 is 0. The summed E-state index contributed by atoms with van der Waals surface area (Å²) in [5, 5.41) is 26.7. The molecule has 4 fully saturated rings. The molecule has 2 aromatic rings. The first-order chi connectivity index (χ1) is 20.3. The van der Waals surface area contributed by atoms with Gasteiger partial charge < -0.3 is 41.0 Å². The Kier molecular flexibility index (Phi) is 7.84. The van der Waals surface area contributed by atoms with Crippen LogP contribution in [0.3, 0.4) is 0 Å². The standard InChI is InChI=1S/C27H34N8O7/c28-22-18-23(35(13-30-18)26-20(37)19(36)21(42-26)25(39)31-16-4-5-16)33-17(32-22)3-1-2-14-7-10-34(11-8-14)27(40)41-12-15-6-9-29-24(15)38/h13-16,19-21,26,36-37H,2,4-12H2,(H,29,38)(H,31,39)(H2,28,32,33). The van der Waals surface area contributed by atoms with E-state index >= 15 is 0 Å². The highest BCUT2D eigenvalue weighted by molar-refractivity contribution is 5.83. The SMILES string of the molecule is Nc1nc(C#CCC2CCN(C(=O)OCC3CCNC3=O)CC2)nc2c1ncn2C1OC(C(=O)NC2CC2)C(O)C1O. The number of fused-ring (bicyclic) bond motifs is 1. The monoisotopic (exact) mass is 582 g/mol. The first kappa shape index (κ1) is 28.1. The Morgan fingerprint density at radius 2 is 1.95 bits per heavy atom. The predicted octanol–water partition coefficient (Wildman–Crippen LogP) is -0.967. The van der Waals surface area contributed by atoms with Crippen LogP contribution >= 0.6 is 0 Å². The molecule has 6 N–H and O–H groups in total. The zero-order chi connectivity index (χ0) is 29.4. The van der Waals surface area contributed by atoms with Crippen molar-refractivity contribution in [2.45, 2.75) is 69.1 Å². The normalized spacial score (nSPS) is 27.9. The van der Waals surface area contributed by atoms with Crippen molar-refractivity contribution in [3.63, 3.8) is 0 Å². The van der Waals surface area contributed by atoms with Gasteiger partial charge in [0.05, 0.1) is 12.2 Å². The molecule has 0 aromatic carbocycles. The molecule has 3 aliphatic heterocycles. The zero-order valence-corrected chi connectivity index (χ0v) is 22.9. The van der Waals surface area contributed by atoms with Crippen molar-refractivity contribution in [3.05, 3.63) is 12.2 Å². The van der Waals surface area contributed by atoms with Gasteiger partial charge in [-0.15, -0.1) is 0 Å². The number of piperidine rings is 1. The van der Waals surface area contributed by atoms with E-state index in [-0.39, 0.29) is 53.2 Å². The Bertz CT molecular complexity index is 1420. The number of amides is 3. The number of carbonyl (C=O) groups excluding carboxylic acids is 3. The highest BCUT2D eigenvalue weighted by atomic mass is 16.6. The molecule has 224 valence electrons. The predicted molar refractivity (Wildman–Crippen MR) is 145 cm³/mol. The Labute approximate surface area is 241 Å². The second-order valence-corrected chi connectivity index (χ2v) is 11.3. The summed E-state index contributed by atoms with van der Waals surface area (Å²) in [6.45, 7) is 1.81. The lowest BCUT2D eigenvalue weighted by Gasteiger charge is -2.30. The molecule has 6 rings (SSSR count). The first-order valence-corrected chi connectivity index (χ1v) is 14.3. The van der Waals surface area contributed by atoms with E-state index in [4.69, 9.17) is 15.2 Å². The first-order valence-electron chi connectivity index (χ1n) is 14.3. The van der Waals surface area contributed by atoms with Crippen molar-refractivity contribution >= 4 is 34.9 Å². The molecule has 2 aromatic heterocycles. The molecular formula is C27H34N8O7. The third kappa shape index (κ3) is 5.83. The summed E-state index contributed by atoms with van der Waals surface area (Å²) in [6, 6.07) is 0.0774. The second kappa shape index (κ2) is 11.7. The Hall–Kier alpha value is -4.00. The third-order valence-corrected chi connectivity index (χ3v) is 8.18. The summed E-state index contributed by atoms with van der Waals surface area (Å²) < 4.78 is 12.5. The quantitative estimate of drug-likeness (QED) is 0.262. The Morgan fingerprint density at radius 3 is 2.67 bits per heavy atom. The van der Waals surface area contributed by atoms with E-state index in [0.29, 0.717) is 32.5 Å². The number of nitrogens with zero attached hydrogens (tertiary/aromatic N) is 5. The number of nitrogens with two attached hydrogens (primary N) is 1. The lowest BCUT2D eigenvalue weighted by atomic mass is 9.94. The van der Waals surface area contributed by atoms with Crippen molar-refractivity contribution in [2.24, 2.45) is 11.8 Å². The number of ether oxygens (including phenoxy) is 2. The van der Waals surface area contributed by atoms with E-state index in [0.717, 1.165) is 25.7 Å². The van der Waals surface area contributed by atoms with Gasteiger partial charge in [-0.3, -0.25) is 14.2 Å².